The highest BCUT2D eigenvalue weighted by atomic mass is 79.9. The third kappa shape index (κ3) is 2.59. The quantitative estimate of drug-likeness (QED) is 0.814. The van der Waals surface area contributed by atoms with Gasteiger partial charge in [-0.3, -0.25) is 0 Å². The van der Waals surface area contributed by atoms with Crippen LogP contribution in [0.2, 0.25) is 0 Å². The second-order valence-electron chi connectivity index (χ2n) is 3.04. The molecule has 0 fully saturated rings. The van der Waals surface area contributed by atoms with Crippen LogP contribution in [0.25, 0.3) is 11.3 Å². The predicted octanol–water partition coefficient (Wildman–Crippen LogP) is 3.41. The summed E-state index contributed by atoms with van der Waals surface area (Å²) in [5, 5.41) is 8.66. The molecule has 0 amide bonds. The van der Waals surface area contributed by atoms with E-state index in [1.807, 2.05) is 24.3 Å². The van der Waals surface area contributed by atoms with Gasteiger partial charge in [-0.15, -0.1) is 5.10 Å². The van der Waals surface area contributed by atoms with Gasteiger partial charge in [0.1, 0.15) is 0 Å². The monoisotopic (exact) mass is 295 g/mol. The molecule has 0 saturated carbocycles. The fourth-order valence-corrected chi connectivity index (χ4v) is 2.29. The van der Waals surface area contributed by atoms with E-state index in [1.54, 1.807) is 18.0 Å². The first-order valence-electron chi connectivity index (χ1n) is 4.88. The van der Waals surface area contributed by atoms with Crippen molar-refractivity contribution in [3.8, 4) is 11.3 Å². The Morgan fingerprint density at radius 2 is 2.12 bits per heavy atom. The zero-order valence-electron chi connectivity index (χ0n) is 8.72. The van der Waals surface area contributed by atoms with Crippen LogP contribution in [0.3, 0.4) is 0 Å². The molecule has 0 saturated heterocycles. The number of hydrogen-bond acceptors (Lipinski definition) is 4. The lowest BCUT2D eigenvalue weighted by atomic mass is 10.2. The summed E-state index contributed by atoms with van der Waals surface area (Å²) < 4.78 is 1.02. The molecule has 2 aromatic rings. The van der Waals surface area contributed by atoms with Crippen molar-refractivity contribution in [3.63, 3.8) is 0 Å². The summed E-state index contributed by atoms with van der Waals surface area (Å²) in [6, 6.07) is 7.96. The van der Waals surface area contributed by atoms with Crippen LogP contribution in [0.5, 0.6) is 0 Å². The van der Waals surface area contributed by atoms with E-state index < -0.39 is 0 Å². The Kier molecular flexibility index (Phi) is 3.90. The highest BCUT2D eigenvalue weighted by Crippen LogP contribution is 2.26. The Morgan fingerprint density at radius 3 is 2.88 bits per heavy atom. The molecule has 0 N–H and O–H groups in total. The maximum Gasteiger partial charge on any atom is 0.209 e. The predicted molar refractivity (Wildman–Crippen MR) is 69.4 cm³/mol. The molecule has 0 aliphatic carbocycles. The molecule has 2 rings (SSSR count). The minimum absolute atomic E-state index is 0.718. The molecule has 1 aromatic heterocycles. The van der Waals surface area contributed by atoms with E-state index in [0.717, 1.165) is 26.6 Å². The number of nitrogens with zero attached hydrogens (tertiary/aromatic N) is 3. The van der Waals surface area contributed by atoms with Crippen molar-refractivity contribution in [1.82, 2.24) is 15.2 Å². The first-order chi connectivity index (χ1) is 7.81. The van der Waals surface area contributed by atoms with Gasteiger partial charge in [0.2, 0.25) is 5.16 Å². The van der Waals surface area contributed by atoms with Crippen molar-refractivity contribution in [2.75, 3.05) is 5.75 Å². The van der Waals surface area contributed by atoms with Gasteiger partial charge < -0.3 is 0 Å². The van der Waals surface area contributed by atoms with Crippen LogP contribution in [-0.2, 0) is 0 Å². The van der Waals surface area contributed by atoms with E-state index in [1.165, 1.54) is 0 Å². The number of thioether (sulfide) groups is 1. The van der Waals surface area contributed by atoms with Crippen LogP contribution >= 0.6 is 27.7 Å². The van der Waals surface area contributed by atoms with E-state index in [-0.39, 0.29) is 0 Å². The van der Waals surface area contributed by atoms with Crippen molar-refractivity contribution < 1.29 is 0 Å². The maximum absolute atomic E-state index is 4.45. The summed E-state index contributed by atoms with van der Waals surface area (Å²) in [5.74, 6) is 0.946. The summed E-state index contributed by atoms with van der Waals surface area (Å²) in [5.41, 5.74) is 1.88. The first-order valence-corrected chi connectivity index (χ1v) is 6.66. The van der Waals surface area contributed by atoms with E-state index in [4.69, 9.17) is 0 Å². The van der Waals surface area contributed by atoms with Crippen LogP contribution in [0, 0.1) is 0 Å². The lowest BCUT2D eigenvalue weighted by molar-refractivity contribution is 0.844. The zero-order chi connectivity index (χ0) is 11.4. The maximum atomic E-state index is 4.45. The Balaban J connectivity index is 2.40. The van der Waals surface area contributed by atoms with Crippen LogP contribution in [0.1, 0.15) is 6.92 Å². The van der Waals surface area contributed by atoms with Crippen molar-refractivity contribution in [1.29, 1.82) is 0 Å². The summed E-state index contributed by atoms with van der Waals surface area (Å²) >= 11 is 5.09. The van der Waals surface area contributed by atoms with Crippen molar-refractivity contribution >= 4 is 27.7 Å². The fourth-order valence-electron chi connectivity index (χ4n) is 1.28. The molecule has 5 heteroatoms. The second kappa shape index (κ2) is 5.41. The topological polar surface area (TPSA) is 38.7 Å². The molecule has 3 nitrogen and oxygen atoms in total. The van der Waals surface area contributed by atoms with Crippen LogP contribution in [0.15, 0.2) is 40.1 Å². The molecule has 1 aromatic carbocycles. The van der Waals surface area contributed by atoms with Crippen molar-refractivity contribution in [2.24, 2.45) is 0 Å². The fraction of sp³-hybridized carbons (Fsp3) is 0.182. The minimum Gasteiger partial charge on any atom is -0.219 e. The normalized spacial score (nSPS) is 10.4. The Morgan fingerprint density at radius 1 is 1.31 bits per heavy atom. The molecule has 16 heavy (non-hydrogen) atoms. The summed E-state index contributed by atoms with van der Waals surface area (Å²) in [6.07, 6.45) is 1.68. The van der Waals surface area contributed by atoms with Crippen LogP contribution in [0.4, 0.5) is 0 Å². The third-order valence-corrected chi connectivity index (χ3v) is 3.37. The smallest absolute Gasteiger partial charge is 0.209 e. The van der Waals surface area contributed by atoms with Crippen LogP contribution in [-0.4, -0.2) is 20.9 Å². The number of hydrogen-bond donors (Lipinski definition) is 0. The van der Waals surface area contributed by atoms with Gasteiger partial charge in [0, 0.05) is 10.0 Å². The molecular weight excluding hydrogens is 286 g/mol. The molecule has 0 aliphatic rings. The van der Waals surface area contributed by atoms with Gasteiger partial charge in [-0.2, -0.15) is 5.10 Å². The third-order valence-electron chi connectivity index (χ3n) is 1.96. The molecule has 0 atom stereocenters. The second-order valence-corrected chi connectivity index (χ2v) is 5.12. The van der Waals surface area contributed by atoms with Crippen molar-refractivity contribution in [2.45, 2.75) is 12.1 Å². The van der Waals surface area contributed by atoms with E-state index >= 15 is 0 Å². The van der Waals surface area contributed by atoms with Gasteiger partial charge in [-0.05, 0) is 11.8 Å². The minimum atomic E-state index is 0.718. The summed E-state index contributed by atoms with van der Waals surface area (Å²) in [6.45, 7) is 2.07. The van der Waals surface area contributed by atoms with Gasteiger partial charge in [0.25, 0.3) is 0 Å². The molecule has 82 valence electrons. The summed E-state index contributed by atoms with van der Waals surface area (Å²) in [7, 11) is 0. The Bertz CT molecular complexity index is 490. The zero-order valence-corrected chi connectivity index (χ0v) is 11.1. The molecular formula is C11H10BrN3S. The molecule has 0 radical (unpaired) electrons. The van der Waals surface area contributed by atoms with E-state index in [2.05, 4.69) is 38.0 Å². The van der Waals surface area contributed by atoms with Crippen LogP contribution < -0.4 is 0 Å². The molecule has 0 spiro atoms. The van der Waals surface area contributed by atoms with E-state index in [0.29, 0.717) is 0 Å². The highest BCUT2D eigenvalue weighted by Gasteiger charge is 2.06. The molecule has 0 bridgehead atoms. The number of rotatable bonds is 3. The SMILES string of the molecule is CCSc1nncc(-c2ccccc2Br)n1. The van der Waals surface area contributed by atoms with Gasteiger partial charge in [-0.25, -0.2) is 4.98 Å². The van der Waals surface area contributed by atoms with Gasteiger partial charge >= 0.3 is 0 Å². The summed E-state index contributed by atoms with van der Waals surface area (Å²) in [4.78, 5) is 4.45. The first kappa shape index (κ1) is 11.5. The standard InChI is InChI=1S/C11H10BrN3S/c1-2-16-11-14-10(7-13-15-11)8-5-3-4-6-9(8)12/h3-7H,2H2,1H3. The van der Waals surface area contributed by atoms with Gasteiger partial charge in [0.15, 0.2) is 0 Å². The van der Waals surface area contributed by atoms with Gasteiger partial charge in [-0.1, -0.05) is 52.8 Å². The van der Waals surface area contributed by atoms with E-state index in [9.17, 15) is 0 Å². The molecule has 0 aliphatic heterocycles. The lowest BCUT2D eigenvalue weighted by Gasteiger charge is -2.03. The molecule has 1 heterocycles. The Hall–Kier alpha value is -0.940. The Labute approximate surface area is 107 Å². The average Bonchev–Trinajstić information content (AvgIpc) is 2.30. The average molecular weight is 296 g/mol. The highest BCUT2D eigenvalue weighted by molar-refractivity contribution is 9.10. The number of aromatic nitrogens is 3. The lowest BCUT2D eigenvalue weighted by Crippen LogP contribution is -1.93. The number of benzene rings is 1. The van der Waals surface area contributed by atoms with Gasteiger partial charge in [0.05, 0.1) is 11.9 Å². The molecule has 0 unspecified atom stereocenters. The number of halogens is 1. The largest absolute Gasteiger partial charge is 0.219 e. The van der Waals surface area contributed by atoms with Crippen molar-refractivity contribution in [3.05, 3.63) is 34.9 Å².